The van der Waals surface area contributed by atoms with Gasteiger partial charge in [0.1, 0.15) is 11.5 Å². The van der Waals surface area contributed by atoms with E-state index in [1.165, 1.54) is 12.1 Å². The molecule has 0 aliphatic rings. The minimum atomic E-state index is -0.302. The second-order valence-electron chi connectivity index (χ2n) is 7.98. The molecule has 7 heteroatoms. The SMILES string of the molecule is Cc1nc(-c2ccccn2)nc(CC(CC(C)C)C(=O)NCc2ccc(F)cc2)c1Cl. The normalized spacial score (nSPS) is 12.1. The average Bonchev–Trinajstić information content (AvgIpc) is 2.76. The molecule has 0 aliphatic heterocycles. The van der Waals surface area contributed by atoms with Gasteiger partial charge in [0.25, 0.3) is 0 Å². The Hall–Kier alpha value is -2.86. The van der Waals surface area contributed by atoms with Crippen molar-refractivity contribution in [2.45, 2.75) is 40.2 Å². The second kappa shape index (κ2) is 10.4. The Balaban J connectivity index is 1.80. The van der Waals surface area contributed by atoms with Crippen LogP contribution < -0.4 is 5.32 Å². The van der Waals surface area contributed by atoms with Gasteiger partial charge in [-0.25, -0.2) is 14.4 Å². The Morgan fingerprint density at radius 1 is 1.13 bits per heavy atom. The van der Waals surface area contributed by atoms with Gasteiger partial charge in [0, 0.05) is 25.1 Å². The highest BCUT2D eigenvalue weighted by Crippen LogP contribution is 2.26. The summed E-state index contributed by atoms with van der Waals surface area (Å²) in [4.78, 5) is 26.4. The lowest BCUT2D eigenvalue weighted by Crippen LogP contribution is -2.32. The maximum absolute atomic E-state index is 13.1. The van der Waals surface area contributed by atoms with E-state index in [2.05, 4.69) is 34.1 Å². The molecule has 31 heavy (non-hydrogen) atoms. The standard InChI is InChI=1S/C24H26ClFN4O/c1-15(2)12-18(24(31)28-14-17-7-9-19(26)10-8-17)13-21-22(25)16(3)29-23(30-21)20-6-4-5-11-27-20/h4-11,15,18H,12-14H2,1-3H3,(H,28,31). The lowest BCUT2D eigenvalue weighted by molar-refractivity contribution is -0.125. The van der Waals surface area contributed by atoms with E-state index < -0.39 is 0 Å². The van der Waals surface area contributed by atoms with Crippen molar-refractivity contribution in [1.82, 2.24) is 20.3 Å². The van der Waals surface area contributed by atoms with E-state index in [9.17, 15) is 9.18 Å². The van der Waals surface area contributed by atoms with Gasteiger partial charge >= 0.3 is 0 Å². The van der Waals surface area contributed by atoms with Crippen LogP contribution in [0.1, 0.15) is 37.2 Å². The second-order valence-corrected chi connectivity index (χ2v) is 8.36. The fourth-order valence-electron chi connectivity index (χ4n) is 3.38. The summed E-state index contributed by atoms with van der Waals surface area (Å²) in [6.07, 6.45) is 2.77. The number of halogens is 2. The van der Waals surface area contributed by atoms with E-state index in [-0.39, 0.29) is 17.6 Å². The molecule has 5 nitrogen and oxygen atoms in total. The van der Waals surface area contributed by atoms with Gasteiger partial charge in [-0.2, -0.15) is 0 Å². The van der Waals surface area contributed by atoms with Crippen molar-refractivity contribution < 1.29 is 9.18 Å². The molecule has 2 heterocycles. The zero-order chi connectivity index (χ0) is 22.4. The fraction of sp³-hybridized carbons (Fsp3) is 0.333. The van der Waals surface area contributed by atoms with Crippen molar-refractivity contribution in [3.8, 4) is 11.5 Å². The van der Waals surface area contributed by atoms with Crippen molar-refractivity contribution in [3.05, 3.63) is 76.5 Å². The van der Waals surface area contributed by atoms with Crippen LogP contribution in [0.5, 0.6) is 0 Å². The van der Waals surface area contributed by atoms with Gasteiger partial charge in [-0.05, 0) is 49.1 Å². The predicted octanol–water partition coefficient (Wildman–Crippen LogP) is 5.16. The molecule has 0 bridgehead atoms. The minimum Gasteiger partial charge on any atom is -0.352 e. The highest BCUT2D eigenvalue weighted by molar-refractivity contribution is 6.31. The average molecular weight is 441 g/mol. The summed E-state index contributed by atoms with van der Waals surface area (Å²) in [5.74, 6) is 0.130. The topological polar surface area (TPSA) is 67.8 Å². The van der Waals surface area contributed by atoms with Crippen LogP contribution in [0.4, 0.5) is 4.39 Å². The van der Waals surface area contributed by atoms with E-state index in [4.69, 9.17) is 11.6 Å². The van der Waals surface area contributed by atoms with Crippen LogP contribution in [-0.4, -0.2) is 20.9 Å². The first-order valence-corrected chi connectivity index (χ1v) is 10.7. The van der Waals surface area contributed by atoms with Gasteiger partial charge < -0.3 is 5.32 Å². The van der Waals surface area contributed by atoms with Gasteiger partial charge in [-0.15, -0.1) is 0 Å². The van der Waals surface area contributed by atoms with E-state index in [0.717, 1.165) is 5.56 Å². The van der Waals surface area contributed by atoms with E-state index in [1.807, 2.05) is 25.1 Å². The zero-order valence-corrected chi connectivity index (χ0v) is 18.7. The third-order valence-electron chi connectivity index (χ3n) is 4.93. The van der Waals surface area contributed by atoms with Crippen LogP contribution in [0.2, 0.25) is 5.02 Å². The quantitative estimate of drug-likeness (QED) is 0.525. The molecule has 1 amide bonds. The number of carbonyl (C=O) groups excluding carboxylic acids is 1. The lowest BCUT2D eigenvalue weighted by Gasteiger charge is -2.20. The van der Waals surface area contributed by atoms with Crippen molar-refractivity contribution >= 4 is 17.5 Å². The third kappa shape index (κ3) is 6.31. The summed E-state index contributed by atoms with van der Waals surface area (Å²) in [5.41, 5.74) is 2.79. The number of aromatic nitrogens is 3. The Morgan fingerprint density at radius 3 is 2.52 bits per heavy atom. The van der Waals surface area contributed by atoms with Crippen LogP contribution >= 0.6 is 11.6 Å². The Kier molecular flexibility index (Phi) is 7.69. The summed E-state index contributed by atoms with van der Waals surface area (Å²) >= 11 is 6.51. The molecule has 162 valence electrons. The van der Waals surface area contributed by atoms with Crippen molar-refractivity contribution in [2.75, 3.05) is 0 Å². The third-order valence-corrected chi connectivity index (χ3v) is 5.42. The molecule has 1 N–H and O–H groups in total. The molecule has 1 unspecified atom stereocenters. The molecule has 1 aromatic carbocycles. The smallest absolute Gasteiger partial charge is 0.223 e. The molecule has 0 saturated heterocycles. The number of hydrogen-bond donors (Lipinski definition) is 1. The van der Waals surface area contributed by atoms with E-state index >= 15 is 0 Å². The molecule has 3 rings (SSSR count). The Labute approximate surface area is 187 Å². The number of nitrogens with zero attached hydrogens (tertiary/aromatic N) is 3. The van der Waals surface area contributed by atoms with Crippen LogP contribution in [0.25, 0.3) is 11.5 Å². The molecule has 0 aliphatic carbocycles. The van der Waals surface area contributed by atoms with Gasteiger partial charge in [0.05, 0.1) is 16.4 Å². The summed E-state index contributed by atoms with van der Waals surface area (Å²) in [6.45, 7) is 6.31. The first-order chi connectivity index (χ1) is 14.8. The monoisotopic (exact) mass is 440 g/mol. The van der Waals surface area contributed by atoms with Crippen molar-refractivity contribution in [1.29, 1.82) is 0 Å². The number of pyridine rings is 1. The number of aryl methyl sites for hydroxylation is 1. The van der Waals surface area contributed by atoms with E-state index in [0.29, 0.717) is 53.2 Å². The minimum absolute atomic E-state index is 0.0789. The first kappa shape index (κ1) is 22.8. The first-order valence-electron chi connectivity index (χ1n) is 10.3. The number of benzene rings is 1. The van der Waals surface area contributed by atoms with Gasteiger partial charge in [0.15, 0.2) is 5.82 Å². The molecule has 1 atom stereocenters. The number of hydrogen-bond acceptors (Lipinski definition) is 4. The molecule has 0 radical (unpaired) electrons. The molecule has 0 fully saturated rings. The number of rotatable bonds is 8. The Bertz CT molecular complexity index is 1030. The highest BCUT2D eigenvalue weighted by atomic mass is 35.5. The van der Waals surface area contributed by atoms with Gasteiger partial charge in [0.2, 0.25) is 5.91 Å². The molecule has 3 aromatic rings. The molecular formula is C24H26ClFN4O. The van der Waals surface area contributed by atoms with Crippen LogP contribution in [0.15, 0.2) is 48.7 Å². The molecule has 0 spiro atoms. The summed E-state index contributed by atoms with van der Waals surface area (Å²) in [7, 11) is 0. The zero-order valence-electron chi connectivity index (χ0n) is 17.9. The number of amides is 1. The van der Waals surface area contributed by atoms with Crippen molar-refractivity contribution in [3.63, 3.8) is 0 Å². The van der Waals surface area contributed by atoms with Crippen molar-refractivity contribution in [2.24, 2.45) is 11.8 Å². The van der Waals surface area contributed by atoms with Gasteiger partial charge in [-0.1, -0.05) is 43.6 Å². The molecule has 2 aromatic heterocycles. The highest BCUT2D eigenvalue weighted by Gasteiger charge is 2.23. The predicted molar refractivity (Wildman–Crippen MR) is 120 cm³/mol. The van der Waals surface area contributed by atoms with Crippen LogP contribution in [-0.2, 0) is 17.8 Å². The number of carbonyl (C=O) groups is 1. The maximum Gasteiger partial charge on any atom is 0.223 e. The number of nitrogens with one attached hydrogen (secondary N) is 1. The van der Waals surface area contributed by atoms with Crippen LogP contribution in [0.3, 0.4) is 0 Å². The molecule has 0 saturated carbocycles. The summed E-state index contributed by atoms with van der Waals surface area (Å²) in [6, 6.07) is 11.6. The fourth-order valence-corrected chi connectivity index (χ4v) is 3.55. The Morgan fingerprint density at radius 2 is 1.87 bits per heavy atom. The van der Waals surface area contributed by atoms with Gasteiger partial charge in [-0.3, -0.25) is 9.78 Å². The summed E-state index contributed by atoms with van der Waals surface area (Å²) < 4.78 is 13.1. The van der Waals surface area contributed by atoms with E-state index in [1.54, 1.807) is 18.3 Å². The lowest BCUT2D eigenvalue weighted by atomic mass is 9.91. The summed E-state index contributed by atoms with van der Waals surface area (Å²) in [5, 5.41) is 3.44. The maximum atomic E-state index is 13.1. The molecular weight excluding hydrogens is 415 g/mol. The van der Waals surface area contributed by atoms with Crippen LogP contribution in [0, 0.1) is 24.6 Å². The largest absolute Gasteiger partial charge is 0.352 e.